The number of carbonyl (C=O) groups is 1. The maximum absolute atomic E-state index is 12.0. The number of carbonyl (C=O) groups excluding carboxylic acids is 1. The third-order valence-corrected chi connectivity index (χ3v) is 5.54. The lowest BCUT2D eigenvalue weighted by Crippen LogP contribution is -2.72. The quantitative estimate of drug-likeness (QED) is 0.612. The van der Waals surface area contributed by atoms with E-state index in [0.29, 0.717) is 18.4 Å². The lowest BCUT2D eigenvalue weighted by Gasteiger charge is -2.66. The standard InChI is InChI=1S/C16H24O4/c1-4-12-15(19)6-11-5-14(18,8-15)9-16(12,7-11)20-13(17)10(2)3/h11-12,18-19H,2,4-9H2,1,3H3. The Morgan fingerprint density at radius 3 is 2.55 bits per heavy atom. The van der Waals surface area contributed by atoms with E-state index < -0.39 is 22.8 Å². The highest BCUT2D eigenvalue weighted by Crippen LogP contribution is 2.63. The van der Waals surface area contributed by atoms with Crippen molar-refractivity contribution in [1.82, 2.24) is 0 Å². The first-order valence-electron chi connectivity index (χ1n) is 7.56. The second kappa shape index (κ2) is 4.08. The van der Waals surface area contributed by atoms with Crippen LogP contribution in [0.2, 0.25) is 0 Å². The lowest BCUT2D eigenvalue weighted by molar-refractivity contribution is -0.293. The fourth-order valence-corrected chi connectivity index (χ4v) is 5.41. The van der Waals surface area contributed by atoms with E-state index in [1.54, 1.807) is 6.92 Å². The molecule has 4 aliphatic carbocycles. The van der Waals surface area contributed by atoms with Crippen molar-refractivity contribution in [3.05, 3.63) is 12.2 Å². The second-order valence-corrected chi connectivity index (χ2v) is 7.36. The minimum absolute atomic E-state index is 0.0878. The molecule has 4 bridgehead atoms. The van der Waals surface area contributed by atoms with Crippen molar-refractivity contribution >= 4 is 5.97 Å². The van der Waals surface area contributed by atoms with Crippen LogP contribution in [-0.4, -0.2) is 33.0 Å². The molecule has 0 radical (unpaired) electrons. The number of hydrogen-bond donors (Lipinski definition) is 2. The Bertz CT molecular complexity index is 473. The van der Waals surface area contributed by atoms with Crippen molar-refractivity contribution in [2.24, 2.45) is 11.8 Å². The largest absolute Gasteiger partial charge is 0.455 e. The summed E-state index contributed by atoms with van der Waals surface area (Å²) >= 11 is 0. The fraction of sp³-hybridized carbons (Fsp3) is 0.812. The number of esters is 1. The maximum atomic E-state index is 12.0. The van der Waals surface area contributed by atoms with Crippen molar-refractivity contribution in [1.29, 1.82) is 0 Å². The molecule has 0 aromatic rings. The van der Waals surface area contributed by atoms with Gasteiger partial charge in [-0.3, -0.25) is 0 Å². The average Bonchev–Trinajstić information content (AvgIpc) is 2.23. The highest BCUT2D eigenvalue weighted by molar-refractivity contribution is 5.87. The molecule has 0 aromatic carbocycles. The highest BCUT2D eigenvalue weighted by atomic mass is 16.6. The molecule has 4 fully saturated rings. The average molecular weight is 280 g/mol. The summed E-state index contributed by atoms with van der Waals surface area (Å²) in [6.45, 7) is 7.29. The van der Waals surface area contributed by atoms with E-state index in [1.807, 2.05) is 6.92 Å². The molecule has 4 nitrogen and oxygen atoms in total. The minimum Gasteiger partial charge on any atom is -0.455 e. The van der Waals surface area contributed by atoms with E-state index >= 15 is 0 Å². The lowest BCUT2D eigenvalue weighted by atomic mass is 9.45. The zero-order valence-electron chi connectivity index (χ0n) is 12.3. The van der Waals surface area contributed by atoms with Crippen LogP contribution in [-0.2, 0) is 9.53 Å². The molecular formula is C16H24O4. The Kier molecular flexibility index (Phi) is 2.87. The van der Waals surface area contributed by atoms with Crippen LogP contribution in [0.15, 0.2) is 12.2 Å². The fourth-order valence-electron chi connectivity index (χ4n) is 5.41. The second-order valence-electron chi connectivity index (χ2n) is 7.36. The van der Waals surface area contributed by atoms with Gasteiger partial charge >= 0.3 is 5.97 Å². The molecule has 4 heteroatoms. The Morgan fingerprint density at radius 1 is 1.30 bits per heavy atom. The van der Waals surface area contributed by atoms with Crippen LogP contribution in [0.25, 0.3) is 0 Å². The van der Waals surface area contributed by atoms with Gasteiger partial charge in [-0.2, -0.15) is 0 Å². The molecule has 112 valence electrons. The first-order chi connectivity index (χ1) is 9.22. The van der Waals surface area contributed by atoms with Gasteiger partial charge in [-0.1, -0.05) is 13.5 Å². The molecule has 5 atom stereocenters. The van der Waals surface area contributed by atoms with Crippen LogP contribution in [0.4, 0.5) is 0 Å². The summed E-state index contributed by atoms with van der Waals surface area (Å²) < 4.78 is 5.79. The number of aliphatic hydroxyl groups is 2. The van der Waals surface area contributed by atoms with Crippen molar-refractivity contribution in [3.63, 3.8) is 0 Å². The topological polar surface area (TPSA) is 66.8 Å². The highest BCUT2D eigenvalue weighted by Gasteiger charge is 2.69. The number of hydrogen-bond acceptors (Lipinski definition) is 4. The van der Waals surface area contributed by atoms with Gasteiger partial charge in [0, 0.05) is 24.3 Å². The van der Waals surface area contributed by atoms with Crippen LogP contribution >= 0.6 is 0 Å². The summed E-state index contributed by atoms with van der Waals surface area (Å²) in [5, 5.41) is 21.7. The van der Waals surface area contributed by atoms with Gasteiger partial charge in [-0.15, -0.1) is 0 Å². The Morgan fingerprint density at radius 2 is 2.00 bits per heavy atom. The molecular weight excluding hydrogens is 256 g/mol. The zero-order chi connectivity index (χ0) is 14.8. The van der Waals surface area contributed by atoms with Crippen molar-refractivity contribution < 1.29 is 19.7 Å². The van der Waals surface area contributed by atoms with E-state index in [0.717, 1.165) is 25.7 Å². The van der Waals surface area contributed by atoms with Crippen LogP contribution in [0.5, 0.6) is 0 Å². The Labute approximate surface area is 119 Å². The molecule has 4 aliphatic rings. The van der Waals surface area contributed by atoms with Crippen LogP contribution < -0.4 is 0 Å². The van der Waals surface area contributed by atoms with E-state index in [9.17, 15) is 15.0 Å². The van der Waals surface area contributed by atoms with Crippen molar-refractivity contribution in [2.45, 2.75) is 69.2 Å². The predicted octanol–water partition coefficient (Wildman–Crippen LogP) is 1.94. The maximum Gasteiger partial charge on any atom is 0.333 e. The van der Waals surface area contributed by atoms with Gasteiger partial charge in [0.25, 0.3) is 0 Å². The van der Waals surface area contributed by atoms with Gasteiger partial charge in [0.15, 0.2) is 0 Å². The first kappa shape index (κ1) is 14.1. The normalized spacial score (nSPS) is 49.2. The van der Waals surface area contributed by atoms with Crippen LogP contribution in [0.1, 0.15) is 52.4 Å². The summed E-state index contributed by atoms with van der Waals surface area (Å²) in [5.41, 5.74) is -2.11. The van der Waals surface area contributed by atoms with E-state index in [4.69, 9.17) is 4.74 Å². The van der Waals surface area contributed by atoms with Gasteiger partial charge in [0.05, 0.1) is 11.2 Å². The van der Waals surface area contributed by atoms with Crippen molar-refractivity contribution in [3.8, 4) is 0 Å². The summed E-state index contributed by atoms with van der Waals surface area (Å²) in [6.07, 6.45) is 3.83. The summed E-state index contributed by atoms with van der Waals surface area (Å²) in [4.78, 5) is 12.0. The molecule has 5 unspecified atom stereocenters. The Hall–Kier alpha value is -0.870. The van der Waals surface area contributed by atoms with E-state index in [-0.39, 0.29) is 11.8 Å². The summed E-state index contributed by atoms with van der Waals surface area (Å²) in [7, 11) is 0. The van der Waals surface area contributed by atoms with Crippen molar-refractivity contribution in [2.75, 3.05) is 0 Å². The molecule has 4 saturated carbocycles. The molecule has 2 N–H and O–H groups in total. The smallest absolute Gasteiger partial charge is 0.333 e. The first-order valence-corrected chi connectivity index (χ1v) is 7.56. The molecule has 0 amide bonds. The number of rotatable bonds is 3. The summed E-state index contributed by atoms with van der Waals surface area (Å²) in [5.74, 6) is -0.249. The molecule has 0 aliphatic heterocycles. The molecule has 0 saturated heterocycles. The third kappa shape index (κ3) is 1.85. The molecule has 4 rings (SSSR count). The molecule has 0 aromatic heterocycles. The van der Waals surface area contributed by atoms with Gasteiger partial charge in [-0.25, -0.2) is 4.79 Å². The van der Waals surface area contributed by atoms with Gasteiger partial charge in [0.2, 0.25) is 0 Å². The van der Waals surface area contributed by atoms with Gasteiger partial charge in [0.1, 0.15) is 5.60 Å². The molecule has 0 spiro atoms. The number of ether oxygens (including phenoxy) is 1. The molecule has 20 heavy (non-hydrogen) atoms. The minimum atomic E-state index is -0.891. The Balaban J connectivity index is 1.99. The zero-order valence-corrected chi connectivity index (χ0v) is 12.3. The molecule has 0 heterocycles. The van der Waals surface area contributed by atoms with Gasteiger partial charge in [-0.05, 0) is 38.5 Å². The monoisotopic (exact) mass is 280 g/mol. The van der Waals surface area contributed by atoms with Crippen LogP contribution in [0.3, 0.4) is 0 Å². The van der Waals surface area contributed by atoms with Crippen LogP contribution in [0, 0.1) is 11.8 Å². The predicted molar refractivity (Wildman–Crippen MR) is 73.9 cm³/mol. The SMILES string of the molecule is C=C(C)C(=O)OC12CC3CC(O)(CC(O)(C3)C1CC)C2. The summed E-state index contributed by atoms with van der Waals surface area (Å²) in [6, 6.07) is 0. The van der Waals surface area contributed by atoms with Gasteiger partial charge < -0.3 is 14.9 Å². The van der Waals surface area contributed by atoms with E-state index in [1.165, 1.54) is 0 Å². The third-order valence-electron chi connectivity index (χ3n) is 5.54. The van der Waals surface area contributed by atoms with E-state index in [2.05, 4.69) is 6.58 Å².